The number of halogens is 2. The molecule has 0 fully saturated rings. The van der Waals surface area contributed by atoms with E-state index in [1.54, 1.807) is 19.1 Å². The maximum Gasteiger partial charge on any atom is 0.345 e. The third-order valence-electron chi connectivity index (χ3n) is 1.63. The average Bonchev–Trinajstić information content (AvgIpc) is 2.17. The number of ether oxygens (including phenoxy) is 1. The number of hydrogen-bond acceptors (Lipinski definition) is 2. The van der Waals surface area contributed by atoms with Crippen LogP contribution in [0.1, 0.15) is 18.7 Å². The zero-order chi connectivity index (χ0) is 10.6. The normalized spacial score (nSPS) is 12.2. The van der Waals surface area contributed by atoms with Gasteiger partial charge in [-0.25, -0.2) is 9.18 Å². The Morgan fingerprint density at radius 3 is 2.93 bits per heavy atom. The molecule has 0 bridgehead atoms. The van der Waals surface area contributed by atoms with E-state index in [1.807, 2.05) is 0 Å². The molecule has 1 rings (SSSR count). The van der Waals surface area contributed by atoms with Gasteiger partial charge in [0.1, 0.15) is 0 Å². The van der Waals surface area contributed by atoms with Crippen LogP contribution in [0, 0.1) is 0 Å². The van der Waals surface area contributed by atoms with Gasteiger partial charge in [0.25, 0.3) is 0 Å². The van der Waals surface area contributed by atoms with Gasteiger partial charge in [-0.3, -0.25) is 0 Å². The van der Waals surface area contributed by atoms with Gasteiger partial charge in [-0.05, 0) is 24.6 Å². The van der Waals surface area contributed by atoms with Crippen LogP contribution in [-0.2, 0) is 9.53 Å². The molecule has 0 saturated heterocycles. The topological polar surface area (TPSA) is 26.3 Å². The molecule has 0 aliphatic carbocycles. The Labute approximate surface area is 86.6 Å². The molecule has 76 valence electrons. The lowest BCUT2D eigenvalue weighted by Gasteiger charge is -2.07. The first-order valence-electron chi connectivity index (χ1n) is 4.21. The average molecular weight is 217 g/mol. The maximum atomic E-state index is 13.4. The second kappa shape index (κ2) is 4.96. The van der Waals surface area contributed by atoms with E-state index in [-0.39, 0.29) is 12.2 Å². The number of hydrogen-bond donors (Lipinski definition) is 0. The van der Waals surface area contributed by atoms with Crippen molar-refractivity contribution in [3.8, 4) is 0 Å². The lowest BCUT2D eigenvalue weighted by Crippen LogP contribution is -2.11. The standard InChI is InChI=1S/C10H10ClFO2/c1-2-14-10(13)9(12)7-4-3-5-8(11)6-7/h3-6,9H,2H2,1H3. The van der Waals surface area contributed by atoms with Gasteiger partial charge in [0.05, 0.1) is 6.61 Å². The van der Waals surface area contributed by atoms with Crippen molar-refractivity contribution in [3.63, 3.8) is 0 Å². The molecular weight excluding hydrogens is 207 g/mol. The van der Waals surface area contributed by atoms with Gasteiger partial charge in [0.2, 0.25) is 6.17 Å². The molecule has 0 heterocycles. The molecule has 4 heteroatoms. The fraction of sp³-hybridized carbons (Fsp3) is 0.300. The summed E-state index contributed by atoms with van der Waals surface area (Å²) < 4.78 is 17.9. The lowest BCUT2D eigenvalue weighted by molar-refractivity contribution is -0.149. The molecule has 0 N–H and O–H groups in total. The van der Waals surface area contributed by atoms with Crippen molar-refractivity contribution in [2.75, 3.05) is 6.61 Å². The monoisotopic (exact) mass is 216 g/mol. The molecule has 0 aromatic heterocycles. The fourth-order valence-electron chi connectivity index (χ4n) is 1.02. The first kappa shape index (κ1) is 11.0. The molecular formula is C10H10ClFO2. The van der Waals surface area contributed by atoms with E-state index < -0.39 is 12.1 Å². The second-order valence-electron chi connectivity index (χ2n) is 2.67. The second-order valence-corrected chi connectivity index (χ2v) is 3.11. The quantitative estimate of drug-likeness (QED) is 0.727. The van der Waals surface area contributed by atoms with Gasteiger partial charge < -0.3 is 4.74 Å². The van der Waals surface area contributed by atoms with Crippen molar-refractivity contribution >= 4 is 17.6 Å². The van der Waals surface area contributed by atoms with Crippen molar-refractivity contribution in [2.24, 2.45) is 0 Å². The minimum Gasteiger partial charge on any atom is -0.464 e. The highest BCUT2D eigenvalue weighted by molar-refractivity contribution is 6.30. The zero-order valence-electron chi connectivity index (χ0n) is 7.67. The van der Waals surface area contributed by atoms with Gasteiger partial charge >= 0.3 is 5.97 Å². The SMILES string of the molecule is CCOC(=O)C(F)c1cccc(Cl)c1. The zero-order valence-corrected chi connectivity index (χ0v) is 8.42. The fourth-order valence-corrected chi connectivity index (χ4v) is 1.21. The smallest absolute Gasteiger partial charge is 0.345 e. The molecule has 0 amide bonds. The number of carbonyl (C=O) groups excluding carboxylic acids is 1. The highest BCUT2D eigenvalue weighted by Gasteiger charge is 2.20. The van der Waals surface area contributed by atoms with Gasteiger partial charge in [0.15, 0.2) is 0 Å². The summed E-state index contributed by atoms with van der Waals surface area (Å²) in [6, 6.07) is 6.10. The number of esters is 1. The summed E-state index contributed by atoms with van der Waals surface area (Å²) in [5, 5.41) is 0.398. The minimum atomic E-state index is -1.76. The highest BCUT2D eigenvalue weighted by atomic mass is 35.5. The molecule has 0 saturated carbocycles. The summed E-state index contributed by atoms with van der Waals surface area (Å²) in [4.78, 5) is 11.0. The number of benzene rings is 1. The molecule has 2 nitrogen and oxygen atoms in total. The molecule has 1 atom stereocenters. The molecule has 1 aromatic rings. The summed E-state index contributed by atoms with van der Waals surface area (Å²) in [6.45, 7) is 1.79. The summed E-state index contributed by atoms with van der Waals surface area (Å²) in [7, 11) is 0. The minimum absolute atomic E-state index is 0.166. The largest absolute Gasteiger partial charge is 0.464 e. The van der Waals surface area contributed by atoms with E-state index in [0.717, 1.165) is 0 Å². The van der Waals surface area contributed by atoms with Gasteiger partial charge in [-0.2, -0.15) is 0 Å². The Bertz CT molecular complexity index is 328. The number of rotatable bonds is 3. The van der Waals surface area contributed by atoms with E-state index in [4.69, 9.17) is 11.6 Å². The molecule has 0 spiro atoms. The summed E-state index contributed by atoms with van der Waals surface area (Å²) >= 11 is 5.65. The summed E-state index contributed by atoms with van der Waals surface area (Å²) in [5.41, 5.74) is 0.218. The van der Waals surface area contributed by atoms with E-state index in [9.17, 15) is 9.18 Å². The van der Waals surface area contributed by atoms with E-state index in [2.05, 4.69) is 4.74 Å². The van der Waals surface area contributed by atoms with Gasteiger partial charge in [0, 0.05) is 5.02 Å². The number of alkyl halides is 1. The first-order valence-corrected chi connectivity index (χ1v) is 4.59. The van der Waals surface area contributed by atoms with Gasteiger partial charge in [-0.15, -0.1) is 0 Å². The van der Waals surface area contributed by atoms with Crippen LogP contribution in [0.15, 0.2) is 24.3 Å². The molecule has 1 aromatic carbocycles. The predicted molar refractivity (Wildman–Crippen MR) is 51.9 cm³/mol. The first-order chi connectivity index (χ1) is 6.65. The third kappa shape index (κ3) is 2.70. The molecule has 1 unspecified atom stereocenters. The van der Waals surface area contributed by atoms with Crippen molar-refractivity contribution < 1.29 is 13.9 Å². The molecule has 14 heavy (non-hydrogen) atoms. The summed E-state index contributed by atoms with van der Waals surface area (Å²) in [6.07, 6.45) is -1.76. The number of carbonyl (C=O) groups is 1. The van der Waals surface area contributed by atoms with Crippen LogP contribution >= 0.6 is 11.6 Å². The van der Waals surface area contributed by atoms with E-state index in [1.165, 1.54) is 12.1 Å². The van der Waals surface area contributed by atoms with Crippen LogP contribution in [0.3, 0.4) is 0 Å². The molecule has 0 aliphatic heterocycles. The van der Waals surface area contributed by atoms with Crippen molar-refractivity contribution in [3.05, 3.63) is 34.9 Å². The van der Waals surface area contributed by atoms with Crippen LogP contribution in [-0.4, -0.2) is 12.6 Å². The Morgan fingerprint density at radius 2 is 2.36 bits per heavy atom. The maximum absolute atomic E-state index is 13.4. The van der Waals surface area contributed by atoms with E-state index >= 15 is 0 Å². The Kier molecular flexibility index (Phi) is 3.89. The Morgan fingerprint density at radius 1 is 1.64 bits per heavy atom. The lowest BCUT2D eigenvalue weighted by atomic mass is 10.1. The Balaban J connectivity index is 2.78. The third-order valence-corrected chi connectivity index (χ3v) is 1.87. The van der Waals surface area contributed by atoms with Crippen molar-refractivity contribution in [1.82, 2.24) is 0 Å². The molecule has 0 radical (unpaired) electrons. The van der Waals surface area contributed by atoms with Crippen LogP contribution in [0.5, 0.6) is 0 Å². The van der Waals surface area contributed by atoms with Crippen LogP contribution < -0.4 is 0 Å². The van der Waals surface area contributed by atoms with Crippen LogP contribution in [0.2, 0.25) is 5.02 Å². The van der Waals surface area contributed by atoms with E-state index in [0.29, 0.717) is 5.02 Å². The Hall–Kier alpha value is -1.09. The predicted octanol–water partition coefficient (Wildman–Crippen LogP) is 2.91. The molecule has 0 aliphatic rings. The van der Waals surface area contributed by atoms with Crippen LogP contribution in [0.25, 0.3) is 0 Å². The van der Waals surface area contributed by atoms with Crippen LogP contribution in [0.4, 0.5) is 4.39 Å². The van der Waals surface area contributed by atoms with Gasteiger partial charge in [-0.1, -0.05) is 23.7 Å². The van der Waals surface area contributed by atoms with Crippen molar-refractivity contribution in [2.45, 2.75) is 13.1 Å². The summed E-state index contributed by atoms with van der Waals surface area (Å²) in [5.74, 6) is -0.880. The van der Waals surface area contributed by atoms with Crippen molar-refractivity contribution in [1.29, 1.82) is 0 Å². The highest BCUT2D eigenvalue weighted by Crippen LogP contribution is 2.21.